The van der Waals surface area contributed by atoms with E-state index in [2.05, 4.69) is 40.1 Å². The summed E-state index contributed by atoms with van der Waals surface area (Å²) in [5, 5.41) is 63.9. The van der Waals surface area contributed by atoms with Crippen molar-refractivity contribution in [3.05, 3.63) is 0 Å². The number of carbonyl (C=O) groups is 7. The van der Waals surface area contributed by atoms with Crippen LogP contribution < -0.4 is 163 Å². The Bertz CT molecular complexity index is 508. The maximum absolute atomic E-state index is 9.13. The number of hydrogen-bond donors (Lipinski definition) is 7. The Labute approximate surface area is 447 Å². The molecule has 322 valence electrons. The molecule has 0 aromatic rings. The maximum atomic E-state index is 9.13. The first-order valence-corrected chi connectivity index (χ1v) is 8.19. The van der Waals surface area contributed by atoms with Crippen LogP contribution in [0.3, 0.4) is 0 Å². The zero-order valence-corrected chi connectivity index (χ0v) is 43.3. The maximum Gasteiger partial charge on any atom is 4.00 e. The van der Waals surface area contributed by atoms with Gasteiger partial charge in [0.25, 0.3) is 0 Å². The molecule has 0 rings (SSSR count). The predicted octanol–water partition coefficient (Wildman–Crippen LogP) is -39.5. The second-order valence-corrected chi connectivity index (χ2v) is 4.03. The second kappa shape index (κ2) is 188. The number of halogens is 7. The van der Waals surface area contributed by atoms with Gasteiger partial charge in [0, 0.05) is 45.8 Å². The number of nitrogens with two attached hydrogens (primary N) is 7. The molecule has 0 spiro atoms. The molecule has 0 aliphatic rings. The van der Waals surface area contributed by atoms with E-state index in [0.29, 0.717) is 0 Å². The molecule has 0 radical (unpaired) electrons. The molecule has 0 atom stereocenters. The van der Waals surface area contributed by atoms with E-state index < -0.39 is 41.8 Å². The van der Waals surface area contributed by atoms with Crippen molar-refractivity contribution in [3.8, 4) is 0 Å². The zero-order valence-electron chi connectivity index (χ0n) is 27.2. The molecule has 0 amide bonds. The third-order valence-corrected chi connectivity index (χ3v) is 1.17. The quantitative estimate of drug-likeness (QED) is 0.116. The molecule has 28 nitrogen and oxygen atoms in total. The van der Waals surface area contributed by atoms with Crippen LogP contribution in [0.5, 0.6) is 0 Å². The van der Waals surface area contributed by atoms with Crippen molar-refractivity contribution in [2.24, 2.45) is 40.1 Å². The summed E-state index contributed by atoms with van der Waals surface area (Å²) < 4.78 is 0. The van der Waals surface area contributed by atoms with Crippen LogP contribution in [-0.4, -0.2) is 178 Å². The van der Waals surface area contributed by atoms with Gasteiger partial charge in [-0.2, -0.15) is 0 Å². The van der Waals surface area contributed by atoms with Crippen LogP contribution in [0.15, 0.2) is 0 Å². The van der Waals surface area contributed by atoms with Crippen molar-refractivity contribution in [3.63, 3.8) is 0 Å². The van der Waals surface area contributed by atoms with Gasteiger partial charge in [-0.25, -0.2) is 0 Å². The summed E-state index contributed by atoms with van der Waals surface area (Å²) in [7, 11) is 0. The Morgan fingerprint density at radius 2 is 0.273 bits per heavy atom. The van der Waals surface area contributed by atoms with Crippen LogP contribution in [0.4, 0.5) is 0 Å². The van der Waals surface area contributed by atoms with Crippen molar-refractivity contribution < 1.29 is 273 Å². The van der Waals surface area contributed by atoms with Crippen LogP contribution >= 0.6 is 0 Å². The van der Waals surface area contributed by atoms with Crippen LogP contribution in [0.25, 0.3) is 0 Å². The second-order valence-electron chi connectivity index (χ2n) is 4.03. The van der Waals surface area contributed by atoms with Crippen LogP contribution in [0.1, 0.15) is 0 Å². The van der Waals surface area contributed by atoms with E-state index in [1.807, 2.05) is 0 Å². The molecule has 0 saturated carbocycles. The first-order chi connectivity index (χ1) is 15.9. The van der Waals surface area contributed by atoms with Gasteiger partial charge in [-0.3, -0.25) is 0 Å². The Hall–Kier alpha value is 2.01. The first-order valence-electron chi connectivity index (χ1n) is 8.19. The number of carbonyl (C=O) groups excluding carboxylic acids is 7. The fourth-order valence-corrected chi connectivity index (χ4v) is 0. The number of carboxylic acid groups (broad SMARTS) is 7. The summed E-state index contributed by atoms with van der Waals surface area (Å²) in [5.74, 6) is -8.52. The van der Waals surface area contributed by atoms with E-state index in [0.717, 1.165) is 0 Å². The van der Waals surface area contributed by atoms with Gasteiger partial charge in [0.15, 0.2) is 0 Å². The van der Waals surface area contributed by atoms with Crippen molar-refractivity contribution >= 4 is 93.9 Å². The summed E-state index contributed by atoms with van der Waals surface area (Å²) in [6.07, 6.45) is 0. The average molecular weight is 1240 g/mol. The van der Waals surface area contributed by atoms with Crippen LogP contribution in [-0.2, 0) is 112 Å². The van der Waals surface area contributed by atoms with Gasteiger partial charge in [0.1, 0.15) is 0 Å². The van der Waals surface area contributed by atoms with Gasteiger partial charge >= 0.3 is 131 Å². The Kier molecular flexibility index (Phi) is 680. The van der Waals surface area contributed by atoms with Gasteiger partial charge in [-0.1, -0.05) is 0 Å². The molecule has 21 N–H and O–H groups in total. The Morgan fingerprint density at radius 3 is 0.273 bits per heavy atom. The standard InChI is InChI=1S/7C2H5NO2.3Al.7ClH.7H2O.3Zr/c7*3-1-2(4)5;;;;;;;;;;;;;;;;;;;;/h7*1,3H2,(H,4,5);;;;7*1H;7*1H2;;;/q;;;;;;;3*+3;;;;;;;;;;;;;;;3*+4/p-21. The molecule has 0 bridgehead atoms. The molecule has 0 aromatic carbocycles. The summed E-state index contributed by atoms with van der Waals surface area (Å²) in [4.78, 5) is 63.9. The minimum Gasteiger partial charge on any atom is -1.00 e. The monoisotopic (exact) mass is 1230 g/mol. The number of rotatable bonds is 7. The van der Waals surface area contributed by atoms with Crippen LogP contribution in [0.2, 0.25) is 0 Å². The fourth-order valence-electron chi connectivity index (χ4n) is 0. The molecule has 0 saturated heterocycles. The molecule has 0 unspecified atom stereocenters. The predicted molar refractivity (Wildman–Crippen MR) is 129 cm³/mol. The van der Waals surface area contributed by atoms with E-state index in [4.69, 9.17) is 69.3 Å². The van der Waals surface area contributed by atoms with E-state index in [-0.39, 0.29) is 302 Å². The Morgan fingerprint density at radius 1 is 0.255 bits per heavy atom. The van der Waals surface area contributed by atoms with Crippen molar-refractivity contribution in [2.75, 3.05) is 45.8 Å². The SMILES string of the molecule is NCC(=O)[O-].NCC(=O)[O-].NCC(=O)[O-].NCC(=O)[O-].NCC(=O)[O-].NCC(=O)[O-].NCC(=O)[O-].[Al+3].[Al+3].[Al+3].[Cl-].[Cl-].[Cl-].[Cl-].[Cl-].[Cl-].[Cl-].[OH-].[OH-].[OH-].[OH-].[OH-].[OH-].[OH-].[Zr+4].[Zr+4].[Zr+4]. The topological polar surface area (TPSA) is 673 Å². The van der Waals surface area contributed by atoms with E-state index >= 15 is 0 Å². The van der Waals surface area contributed by atoms with E-state index in [1.54, 1.807) is 0 Å². The van der Waals surface area contributed by atoms with E-state index in [1.165, 1.54) is 0 Å². The van der Waals surface area contributed by atoms with Gasteiger partial charge in [-0.05, 0) is 0 Å². The molecule has 55 heavy (non-hydrogen) atoms. The molecular formula is C14H35Al3Cl7N7O21Zr3. The van der Waals surface area contributed by atoms with Gasteiger partial charge in [-0.15, -0.1) is 0 Å². The third kappa shape index (κ3) is 638. The molecule has 0 fully saturated rings. The summed E-state index contributed by atoms with van der Waals surface area (Å²) >= 11 is 0. The minimum atomic E-state index is -1.22. The van der Waals surface area contributed by atoms with Crippen LogP contribution in [0, 0.1) is 0 Å². The average Bonchev–Trinajstić information content (AvgIpc) is 2.80. The smallest absolute Gasteiger partial charge is 1.00 e. The molecule has 0 aliphatic heterocycles. The third-order valence-electron chi connectivity index (χ3n) is 1.17. The molecular weight excluding hydrogens is 1200 g/mol. The molecule has 0 aliphatic carbocycles. The summed E-state index contributed by atoms with van der Waals surface area (Å²) in [6.45, 7) is -2.72. The van der Waals surface area contributed by atoms with Crippen molar-refractivity contribution in [1.29, 1.82) is 0 Å². The largest absolute Gasteiger partial charge is 4.00 e. The summed E-state index contributed by atoms with van der Waals surface area (Å²) in [5.41, 5.74) is 31.6. The normalized spacial score (nSPS) is 4.71. The number of aliphatic carboxylic acids is 7. The first kappa shape index (κ1) is 199. The van der Waals surface area contributed by atoms with Gasteiger partial charge in [0.05, 0.1) is 41.8 Å². The number of carboxylic acids is 7. The summed E-state index contributed by atoms with van der Waals surface area (Å²) in [6, 6.07) is 0. The minimum absolute atomic E-state index is 0. The van der Waals surface area contributed by atoms with Gasteiger partial charge in [0.2, 0.25) is 0 Å². The van der Waals surface area contributed by atoms with Gasteiger partial charge < -0.3 is 235 Å². The van der Waals surface area contributed by atoms with Crippen molar-refractivity contribution in [2.45, 2.75) is 0 Å². The Balaban J connectivity index is -0.00000000627. The van der Waals surface area contributed by atoms with Crippen molar-refractivity contribution in [1.82, 2.24) is 0 Å². The molecule has 0 heterocycles. The fraction of sp³-hybridized carbons (Fsp3) is 0.500. The zero-order chi connectivity index (χ0) is 30.0. The number of hydrogen-bond acceptors (Lipinski definition) is 28. The molecule has 41 heteroatoms. The molecule has 0 aromatic heterocycles. The van der Waals surface area contributed by atoms with E-state index in [9.17, 15) is 0 Å².